The highest BCUT2D eigenvalue weighted by Gasteiger charge is 2.28. The maximum absolute atomic E-state index is 11.1. The predicted octanol–water partition coefficient (Wildman–Crippen LogP) is 4.15. The second-order valence-electron chi connectivity index (χ2n) is 6.56. The summed E-state index contributed by atoms with van der Waals surface area (Å²) in [5, 5.41) is 10.5. The summed E-state index contributed by atoms with van der Waals surface area (Å²) >= 11 is 0. The molecule has 1 aliphatic rings. The first-order chi connectivity index (χ1) is 9.97. The number of hydrogen-bond acceptors (Lipinski definition) is 1. The first-order valence-corrected chi connectivity index (χ1v) is 7.76. The zero-order valence-electron chi connectivity index (χ0n) is 13.0. The number of carbonyl (C=O) groups is 1. The average molecular weight is 285 g/mol. The second-order valence-corrected chi connectivity index (χ2v) is 6.56. The van der Waals surface area contributed by atoms with Crippen LogP contribution in [0.3, 0.4) is 0 Å². The molecule has 0 saturated heterocycles. The summed E-state index contributed by atoms with van der Waals surface area (Å²) < 4.78 is 2.22. The predicted molar refractivity (Wildman–Crippen MR) is 84.7 cm³/mol. The number of fused-ring (bicyclic) bond motifs is 1. The Hall–Kier alpha value is -1.77. The van der Waals surface area contributed by atoms with Crippen LogP contribution >= 0.6 is 0 Å². The number of rotatable bonds is 2. The van der Waals surface area contributed by atoms with Gasteiger partial charge in [0.05, 0.1) is 11.4 Å². The first kappa shape index (κ1) is 14.2. The summed E-state index contributed by atoms with van der Waals surface area (Å²) in [4.78, 5) is 11.1. The SMILES string of the molecule is Cc1cc(C)c2c(c1)c(C1CCC(C(=O)O)CC1)cn2C. The van der Waals surface area contributed by atoms with Crippen LogP contribution in [0.1, 0.15) is 48.3 Å². The molecular weight excluding hydrogens is 262 g/mol. The smallest absolute Gasteiger partial charge is 0.306 e. The molecule has 1 fully saturated rings. The molecule has 3 heteroatoms. The van der Waals surface area contributed by atoms with Crippen LogP contribution in [0, 0.1) is 19.8 Å². The van der Waals surface area contributed by atoms with E-state index in [0.29, 0.717) is 5.92 Å². The van der Waals surface area contributed by atoms with Crippen molar-refractivity contribution in [3.05, 3.63) is 35.0 Å². The number of aliphatic carboxylic acids is 1. The Bertz CT molecular complexity index is 691. The molecule has 0 aliphatic heterocycles. The van der Waals surface area contributed by atoms with Gasteiger partial charge in [0.1, 0.15) is 0 Å². The molecule has 21 heavy (non-hydrogen) atoms. The number of aromatic nitrogens is 1. The van der Waals surface area contributed by atoms with E-state index >= 15 is 0 Å². The lowest BCUT2D eigenvalue weighted by atomic mass is 9.78. The van der Waals surface area contributed by atoms with Crippen LogP contribution in [0.4, 0.5) is 0 Å². The Labute approximate surface area is 125 Å². The fourth-order valence-corrected chi connectivity index (χ4v) is 3.97. The van der Waals surface area contributed by atoms with Crippen molar-refractivity contribution in [2.24, 2.45) is 13.0 Å². The van der Waals surface area contributed by atoms with E-state index in [0.717, 1.165) is 25.7 Å². The number of aryl methyl sites for hydroxylation is 3. The molecule has 112 valence electrons. The Balaban J connectivity index is 1.97. The van der Waals surface area contributed by atoms with Crippen molar-refractivity contribution in [1.82, 2.24) is 4.57 Å². The molecule has 2 aromatic rings. The second kappa shape index (κ2) is 5.21. The Morgan fingerprint density at radius 2 is 1.86 bits per heavy atom. The summed E-state index contributed by atoms with van der Waals surface area (Å²) in [6.07, 6.45) is 5.84. The van der Waals surface area contributed by atoms with Crippen molar-refractivity contribution in [2.75, 3.05) is 0 Å². The molecule has 0 radical (unpaired) electrons. The summed E-state index contributed by atoms with van der Waals surface area (Å²) in [5.74, 6) is -0.261. The van der Waals surface area contributed by atoms with Gasteiger partial charge in [-0.05, 0) is 62.6 Å². The Morgan fingerprint density at radius 3 is 2.48 bits per heavy atom. The van der Waals surface area contributed by atoms with Gasteiger partial charge in [-0.1, -0.05) is 11.6 Å². The van der Waals surface area contributed by atoms with E-state index in [1.165, 1.54) is 27.6 Å². The summed E-state index contributed by atoms with van der Waals surface area (Å²) in [6, 6.07) is 4.51. The molecule has 0 spiro atoms. The topological polar surface area (TPSA) is 42.2 Å². The molecule has 0 amide bonds. The summed E-state index contributed by atoms with van der Waals surface area (Å²) in [5.41, 5.74) is 5.34. The van der Waals surface area contributed by atoms with Crippen LogP contribution in [0.15, 0.2) is 18.3 Å². The van der Waals surface area contributed by atoms with E-state index in [4.69, 9.17) is 5.11 Å². The number of carboxylic acid groups (broad SMARTS) is 1. The van der Waals surface area contributed by atoms with Crippen molar-refractivity contribution in [1.29, 1.82) is 0 Å². The average Bonchev–Trinajstić information content (AvgIpc) is 2.76. The highest BCUT2D eigenvalue weighted by Crippen LogP contribution is 2.40. The van der Waals surface area contributed by atoms with Gasteiger partial charge in [0, 0.05) is 18.6 Å². The zero-order chi connectivity index (χ0) is 15.1. The molecule has 3 nitrogen and oxygen atoms in total. The molecule has 0 atom stereocenters. The van der Waals surface area contributed by atoms with Crippen LogP contribution in [0.25, 0.3) is 10.9 Å². The monoisotopic (exact) mass is 285 g/mol. The maximum atomic E-state index is 11.1. The highest BCUT2D eigenvalue weighted by molar-refractivity contribution is 5.88. The van der Waals surface area contributed by atoms with Crippen molar-refractivity contribution >= 4 is 16.9 Å². The van der Waals surface area contributed by atoms with E-state index < -0.39 is 5.97 Å². The quantitative estimate of drug-likeness (QED) is 0.900. The molecule has 0 bridgehead atoms. The van der Waals surface area contributed by atoms with E-state index in [2.05, 4.69) is 43.8 Å². The number of benzene rings is 1. The van der Waals surface area contributed by atoms with Gasteiger partial charge in [-0.25, -0.2) is 0 Å². The van der Waals surface area contributed by atoms with Gasteiger partial charge in [-0.2, -0.15) is 0 Å². The third-order valence-corrected chi connectivity index (χ3v) is 4.96. The van der Waals surface area contributed by atoms with E-state index in [9.17, 15) is 4.79 Å². The zero-order valence-corrected chi connectivity index (χ0v) is 13.0. The third kappa shape index (κ3) is 2.45. The normalized spacial score (nSPS) is 22.6. The third-order valence-electron chi connectivity index (χ3n) is 4.96. The number of nitrogens with zero attached hydrogens (tertiary/aromatic N) is 1. The number of carboxylic acids is 1. The van der Waals surface area contributed by atoms with Gasteiger partial charge in [-0.3, -0.25) is 4.79 Å². The minimum Gasteiger partial charge on any atom is -0.481 e. The molecule has 1 heterocycles. The van der Waals surface area contributed by atoms with Crippen molar-refractivity contribution < 1.29 is 9.90 Å². The van der Waals surface area contributed by atoms with Crippen molar-refractivity contribution in [3.63, 3.8) is 0 Å². The van der Waals surface area contributed by atoms with Gasteiger partial charge in [-0.15, -0.1) is 0 Å². The standard InChI is InChI=1S/C18H23NO2/c1-11-8-12(2)17-15(9-11)16(10-19(17)3)13-4-6-14(7-5-13)18(20)21/h8-10,13-14H,4-7H2,1-3H3,(H,20,21). The maximum Gasteiger partial charge on any atom is 0.306 e. The largest absolute Gasteiger partial charge is 0.481 e. The molecule has 1 aromatic carbocycles. The Kier molecular flexibility index (Phi) is 3.52. The Morgan fingerprint density at radius 1 is 1.19 bits per heavy atom. The molecule has 1 aromatic heterocycles. The van der Waals surface area contributed by atoms with Gasteiger partial charge in [0.2, 0.25) is 0 Å². The van der Waals surface area contributed by atoms with Crippen LogP contribution in [-0.4, -0.2) is 15.6 Å². The molecule has 1 N–H and O–H groups in total. The van der Waals surface area contributed by atoms with Crippen LogP contribution in [0.5, 0.6) is 0 Å². The highest BCUT2D eigenvalue weighted by atomic mass is 16.4. The lowest BCUT2D eigenvalue weighted by molar-refractivity contribution is -0.142. The van der Waals surface area contributed by atoms with Gasteiger partial charge < -0.3 is 9.67 Å². The van der Waals surface area contributed by atoms with E-state index in [-0.39, 0.29) is 5.92 Å². The summed E-state index contributed by atoms with van der Waals surface area (Å²) in [6.45, 7) is 4.31. The molecule has 0 unspecified atom stereocenters. The lowest BCUT2D eigenvalue weighted by Gasteiger charge is -2.26. The molecule has 1 aliphatic carbocycles. The van der Waals surface area contributed by atoms with Gasteiger partial charge >= 0.3 is 5.97 Å². The van der Waals surface area contributed by atoms with Crippen molar-refractivity contribution in [3.8, 4) is 0 Å². The van der Waals surface area contributed by atoms with Gasteiger partial charge in [0.25, 0.3) is 0 Å². The van der Waals surface area contributed by atoms with Gasteiger partial charge in [0.15, 0.2) is 0 Å². The lowest BCUT2D eigenvalue weighted by Crippen LogP contribution is -2.20. The van der Waals surface area contributed by atoms with Crippen LogP contribution in [0.2, 0.25) is 0 Å². The number of hydrogen-bond donors (Lipinski definition) is 1. The van der Waals surface area contributed by atoms with Crippen LogP contribution < -0.4 is 0 Å². The molecule has 3 rings (SSSR count). The minimum absolute atomic E-state index is 0.139. The first-order valence-electron chi connectivity index (χ1n) is 7.76. The summed E-state index contributed by atoms with van der Waals surface area (Å²) in [7, 11) is 2.11. The molecule has 1 saturated carbocycles. The van der Waals surface area contributed by atoms with E-state index in [1.54, 1.807) is 0 Å². The van der Waals surface area contributed by atoms with Crippen LogP contribution in [-0.2, 0) is 11.8 Å². The molecular formula is C18H23NO2. The van der Waals surface area contributed by atoms with Crippen molar-refractivity contribution in [2.45, 2.75) is 45.4 Å². The fourth-order valence-electron chi connectivity index (χ4n) is 3.97. The van der Waals surface area contributed by atoms with E-state index in [1.807, 2.05) is 0 Å². The fraction of sp³-hybridized carbons (Fsp3) is 0.500. The minimum atomic E-state index is -0.627.